The maximum Gasteiger partial charge on any atom is 0.271 e. The molecule has 0 aromatic carbocycles. The van der Waals surface area contributed by atoms with Gasteiger partial charge in [0.05, 0.1) is 5.56 Å². The summed E-state index contributed by atoms with van der Waals surface area (Å²) in [5, 5.41) is 11.6. The van der Waals surface area contributed by atoms with Crippen molar-refractivity contribution in [2.24, 2.45) is 5.41 Å². The van der Waals surface area contributed by atoms with Crippen molar-refractivity contribution in [1.82, 2.24) is 10.3 Å². The van der Waals surface area contributed by atoms with E-state index in [-0.39, 0.29) is 24.0 Å². The first-order valence-electron chi connectivity index (χ1n) is 6.22. The van der Waals surface area contributed by atoms with Crippen molar-refractivity contribution in [1.29, 1.82) is 0 Å². The molecule has 0 aliphatic heterocycles. The molecule has 102 valence electrons. The van der Waals surface area contributed by atoms with Crippen molar-refractivity contribution in [2.45, 2.75) is 33.7 Å². The monoisotopic (exact) mass is 260 g/mol. The first kappa shape index (κ1) is 15.2. The molecule has 0 fully saturated rings. The second-order valence-electron chi connectivity index (χ2n) is 5.42. The third-order valence-corrected chi connectivity index (χ3v) is 2.97. The average molecular weight is 260 g/mol. The van der Waals surface area contributed by atoms with Crippen LogP contribution in [0.15, 0.2) is 18.3 Å². The molecule has 0 saturated carbocycles. The zero-order chi connectivity index (χ0) is 14.5. The molecule has 0 radical (unpaired) electrons. The summed E-state index contributed by atoms with van der Waals surface area (Å²) in [5.41, 5.74) is 0.788. The summed E-state index contributed by atoms with van der Waals surface area (Å²) in [7, 11) is 0. The van der Waals surface area contributed by atoms with Crippen LogP contribution in [-0.2, 0) is 0 Å². The smallest absolute Gasteiger partial charge is 0.271 e. The Balaban J connectivity index is 2.94. The predicted molar refractivity (Wildman–Crippen MR) is 74.6 cm³/mol. The zero-order valence-electron chi connectivity index (χ0n) is 11.8. The lowest BCUT2D eigenvalue weighted by Crippen LogP contribution is -2.41. The Hall–Kier alpha value is -1.86. The highest BCUT2D eigenvalue weighted by Crippen LogP contribution is 2.19. The summed E-state index contributed by atoms with van der Waals surface area (Å²) >= 11 is 0. The van der Waals surface area contributed by atoms with E-state index < -0.39 is 0 Å². The molecule has 0 spiro atoms. The van der Waals surface area contributed by atoms with Gasteiger partial charge in [-0.15, -0.1) is 0 Å². The molecule has 1 unspecified atom stereocenters. The Kier molecular flexibility index (Phi) is 5.08. The third kappa shape index (κ3) is 4.38. The highest BCUT2D eigenvalue weighted by Gasteiger charge is 2.23. The van der Waals surface area contributed by atoms with Crippen LogP contribution in [0.1, 0.15) is 43.7 Å². The van der Waals surface area contributed by atoms with E-state index in [0.717, 1.165) is 0 Å². The number of aliphatic hydroxyl groups is 1. The highest BCUT2D eigenvalue weighted by atomic mass is 16.2. The molecule has 1 amide bonds. The fourth-order valence-electron chi connectivity index (χ4n) is 1.30. The van der Waals surface area contributed by atoms with Gasteiger partial charge in [0.1, 0.15) is 12.3 Å². The molecule has 19 heavy (non-hydrogen) atoms. The molecule has 0 saturated heterocycles. The first-order valence-corrected chi connectivity index (χ1v) is 6.22. The summed E-state index contributed by atoms with van der Waals surface area (Å²) in [6.45, 7) is 7.89. The van der Waals surface area contributed by atoms with Crippen LogP contribution in [0.5, 0.6) is 0 Å². The van der Waals surface area contributed by atoms with E-state index in [1.807, 2.05) is 6.92 Å². The largest absolute Gasteiger partial charge is 0.384 e. The molecular formula is C15H20N2O2. The van der Waals surface area contributed by atoms with Gasteiger partial charge in [0.15, 0.2) is 0 Å². The lowest BCUT2D eigenvalue weighted by atomic mass is 9.88. The number of carbonyl (C=O) groups excluding carboxylic acids is 1. The number of carbonyl (C=O) groups is 1. The van der Waals surface area contributed by atoms with Crippen molar-refractivity contribution < 1.29 is 9.90 Å². The van der Waals surface area contributed by atoms with Crippen molar-refractivity contribution >= 4 is 5.91 Å². The van der Waals surface area contributed by atoms with Gasteiger partial charge in [-0.1, -0.05) is 32.6 Å². The molecule has 0 aliphatic rings. The van der Waals surface area contributed by atoms with Crippen molar-refractivity contribution in [3.63, 3.8) is 0 Å². The maximum atomic E-state index is 12.2. The summed E-state index contributed by atoms with van der Waals surface area (Å²) in [6, 6.07) is 3.44. The van der Waals surface area contributed by atoms with Gasteiger partial charge >= 0.3 is 0 Å². The second-order valence-corrected chi connectivity index (χ2v) is 5.42. The number of aromatic nitrogens is 1. The van der Waals surface area contributed by atoms with Gasteiger partial charge in [0.25, 0.3) is 5.91 Å². The lowest BCUT2D eigenvalue weighted by molar-refractivity contribution is 0.0904. The Labute approximate surface area is 114 Å². The number of pyridine rings is 1. The van der Waals surface area contributed by atoms with Gasteiger partial charge in [-0.2, -0.15) is 0 Å². The van der Waals surface area contributed by atoms with E-state index in [4.69, 9.17) is 5.11 Å². The summed E-state index contributed by atoms with van der Waals surface area (Å²) in [5.74, 6) is 5.02. The molecule has 1 heterocycles. The Morgan fingerprint density at radius 3 is 2.79 bits per heavy atom. The molecule has 0 bridgehead atoms. The minimum atomic E-state index is -0.245. The van der Waals surface area contributed by atoms with Crippen molar-refractivity contribution in [3.8, 4) is 11.8 Å². The van der Waals surface area contributed by atoms with Crippen LogP contribution in [0.25, 0.3) is 0 Å². The number of nitrogens with zero attached hydrogens (tertiary/aromatic N) is 1. The molecule has 4 heteroatoms. The molecule has 1 aromatic heterocycles. The minimum absolute atomic E-state index is 0.0145. The Morgan fingerprint density at radius 1 is 1.53 bits per heavy atom. The van der Waals surface area contributed by atoms with Gasteiger partial charge in [0, 0.05) is 12.2 Å². The van der Waals surface area contributed by atoms with Gasteiger partial charge < -0.3 is 10.4 Å². The van der Waals surface area contributed by atoms with Crippen LogP contribution in [0.4, 0.5) is 0 Å². The Bertz CT molecular complexity index is 507. The molecule has 1 atom stereocenters. The van der Waals surface area contributed by atoms with Gasteiger partial charge in [-0.25, -0.2) is 4.98 Å². The highest BCUT2D eigenvalue weighted by molar-refractivity contribution is 5.94. The summed E-state index contributed by atoms with van der Waals surface area (Å²) in [6.07, 6.45) is 1.56. The van der Waals surface area contributed by atoms with Crippen LogP contribution < -0.4 is 5.32 Å². The number of hydrogen-bond donors (Lipinski definition) is 2. The van der Waals surface area contributed by atoms with Gasteiger partial charge in [0.2, 0.25) is 0 Å². The maximum absolute atomic E-state index is 12.2. The van der Waals surface area contributed by atoms with Crippen molar-refractivity contribution in [3.05, 3.63) is 29.6 Å². The predicted octanol–water partition coefficient (Wildman–Crippen LogP) is 1.59. The van der Waals surface area contributed by atoms with Gasteiger partial charge in [-0.05, 0) is 24.5 Å². The number of aliphatic hydroxyl groups excluding tert-OH is 1. The van der Waals surface area contributed by atoms with Gasteiger partial charge in [-0.3, -0.25) is 4.79 Å². The normalized spacial score (nSPS) is 12.3. The topological polar surface area (TPSA) is 62.2 Å². The van der Waals surface area contributed by atoms with E-state index in [1.54, 1.807) is 18.3 Å². The third-order valence-electron chi connectivity index (χ3n) is 2.97. The zero-order valence-corrected chi connectivity index (χ0v) is 11.8. The fourth-order valence-corrected chi connectivity index (χ4v) is 1.30. The SMILES string of the molecule is CC(NC(=O)c1ncccc1C#CCO)C(C)(C)C. The van der Waals surface area contributed by atoms with E-state index in [0.29, 0.717) is 11.3 Å². The van der Waals surface area contributed by atoms with E-state index in [9.17, 15) is 4.79 Å². The van der Waals surface area contributed by atoms with E-state index >= 15 is 0 Å². The van der Waals surface area contributed by atoms with Crippen LogP contribution >= 0.6 is 0 Å². The summed E-state index contributed by atoms with van der Waals surface area (Å²) < 4.78 is 0. The van der Waals surface area contributed by atoms with Crippen LogP contribution in [0.3, 0.4) is 0 Å². The molecule has 2 N–H and O–H groups in total. The Morgan fingerprint density at radius 2 is 2.21 bits per heavy atom. The average Bonchev–Trinajstić information content (AvgIpc) is 2.35. The molecule has 0 aliphatic carbocycles. The lowest BCUT2D eigenvalue weighted by Gasteiger charge is -2.28. The molecule has 1 aromatic rings. The van der Waals surface area contributed by atoms with Crippen molar-refractivity contribution in [2.75, 3.05) is 6.61 Å². The fraction of sp³-hybridized carbons (Fsp3) is 0.467. The second kappa shape index (κ2) is 6.35. The minimum Gasteiger partial charge on any atom is -0.384 e. The standard InChI is InChI=1S/C15H20N2O2/c1-11(15(2,3)4)17-14(19)13-12(8-6-10-18)7-5-9-16-13/h5,7,9,11,18H,10H2,1-4H3,(H,17,19). The van der Waals surface area contributed by atoms with E-state index in [1.165, 1.54) is 0 Å². The molecule has 1 rings (SSSR count). The number of rotatable bonds is 2. The number of amides is 1. The first-order chi connectivity index (χ1) is 8.86. The quantitative estimate of drug-likeness (QED) is 0.794. The van der Waals surface area contributed by atoms with E-state index in [2.05, 4.69) is 42.9 Å². The molecular weight excluding hydrogens is 240 g/mol. The van der Waals surface area contributed by atoms with Crippen LogP contribution in [0.2, 0.25) is 0 Å². The van der Waals surface area contributed by atoms with Crippen LogP contribution in [0, 0.1) is 17.3 Å². The number of hydrogen-bond acceptors (Lipinski definition) is 3. The molecule has 4 nitrogen and oxygen atoms in total. The van der Waals surface area contributed by atoms with Crippen LogP contribution in [-0.4, -0.2) is 28.6 Å². The number of nitrogens with one attached hydrogen (secondary N) is 1. The summed E-state index contributed by atoms with van der Waals surface area (Å²) in [4.78, 5) is 16.3.